The van der Waals surface area contributed by atoms with E-state index in [1.165, 1.54) is 0 Å². The van der Waals surface area contributed by atoms with Gasteiger partial charge in [-0.05, 0) is 58.8 Å². The van der Waals surface area contributed by atoms with Crippen molar-refractivity contribution >= 4 is 49.6 Å². The first-order valence-corrected chi connectivity index (χ1v) is 8.02. The largest absolute Gasteiger partial charge is 0.392 e. The third-order valence-electron chi connectivity index (χ3n) is 3.31. The number of nitrogens with zero attached hydrogens (tertiary/aromatic N) is 1. The predicted molar refractivity (Wildman–Crippen MR) is 92.6 cm³/mol. The summed E-state index contributed by atoms with van der Waals surface area (Å²) in [6.45, 7) is 2.10. The molecule has 0 unspecified atom stereocenters. The van der Waals surface area contributed by atoms with Gasteiger partial charge in [0.2, 0.25) is 0 Å². The van der Waals surface area contributed by atoms with E-state index in [1.807, 2.05) is 24.3 Å². The van der Waals surface area contributed by atoms with Crippen molar-refractivity contribution in [2.24, 2.45) is 0 Å². The van der Waals surface area contributed by atoms with E-state index >= 15 is 0 Å². The Morgan fingerprint density at radius 1 is 1.35 bits per heavy atom. The summed E-state index contributed by atoms with van der Waals surface area (Å²) in [5.41, 5.74) is 5.01. The minimum atomic E-state index is 0.0318. The van der Waals surface area contributed by atoms with E-state index < -0.39 is 0 Å². The molecule has 0 fully saturated rings. The summed E-state index contributed by atoms with van der Waals surface area (Å²) in [5, 5.41) is 9.28. The minimum Gasteiger partial charge on any atom is -0.392 e. The Kier molecular flexibility index (Phi) is 3.83. The first kappa shape index (κ1) is 14.0. The van der Waals surface area contributed by atoms with Gasteiger partial charge in [-0.2, -0.15) is 0 Å². The topological polar surface area (TPSA) is 48.9 Å². The lowest BCUT2D eigenvalue weighted by Gasteiger charge is -2.03. The maximum absolute atomic E-state index is 9.28. The number of H-pyrrole nitrogens is 1. The number of hydrogen-bond acceptors (Lipinski definition) is 2. The highest BCUT2D eigenvalue weighted by Crippen LogP contribution is 2.30. The van der Waals surface area contributed by atoms with Crippen molar-refractivity contribution in [3.8, 4) is 11.4 Å². The van der Waals surface area contributed by atoms with Gasteiger partial charge in [0, 0.05) is 13.6 Å². The first-order chi connectivity index (χ1) is 9.60. The molecular formula is C15H12BrIN2O. The molecule has 0 saturated heterocycles. The second kappa shape index (κ2) is 5.46. The Morgan fingerprint density at radius 2 is 2.15 bits per heavy atom. The number of hydrogen-bond donors (Lipinski definition) is 2. The number of aliphatic hydroxyl groups excluding tert-OH is 1. The summed E-state index contributed by atoms with van der Waals surface area (Å²) in [4.78, 5) is 8.04. The van der Waals surface area contributed by atoms with E-state index in [-0.39, 0.29) is 6.61 Å². The SMILES string of the molecule is Cc1c(Br)cccc1-c1nc2cc(CO)cc(I)c2[nH]1. The normalized spacial score (nSPS) is 11.2. The molecule has 1 heterocycles. The lowest BCUT2D eigenvalue weighted by Crippen LogP contribution is -1.86. The van der Waals surface area contributed by atoms with Crippen LogP contribution in [0.2, 0.25) is 0 Å². The van der Waals surface area contributed by atoms with Crippen molar-refractivity contribution in [2.45, 2.75) is 13.5 Å². The lowest BCUT2D eigenvalue weighted by molar-refractivity contribution is 0.282. The average molecular weight is 443 g/mol. The predicted octanol–water partition coefficient (Wildman–Crippen LogP) is 4.40. The van der Waals surface area contributed by atoms with Crippen molar-refractivity contribution in [3.05, 3.63) is 49.5 Å². The van der Waals surface area contributed by atoms with Crippen molar-refractivity contribution < 1.29 is 5.11 Å². The van der Waals surface area contributed by atoms with Crippen molar-refractivity contribution in [2.75, 3.05) is 0 Å². The Morgan fingerprint density at radius 3 is 2.90 bits per heavy atom. The standard InChI is InChI=1S/C15H12BrIN2O/c1-8-10(3-2-4-11(8)16)15-18-13-6-9(7-20)5-12(17)14(13)19-15/h2-6,20H,7H2,1H3,(H,18,19). The van der Waals surface area contributed by atoms with Crippen LogP contribution >= 0.6 is 38.5 Å². The molecule has 0 radical (unpaired) electrons. The van der Waals surface area contributed by atoms with Crippen LogP contribution in [-0.4, -0.2) is 15.1 Å². The Bertz CT molecular complexity index is 798. The molecule has 0 spiro atoms. The molecule has 3 rings (SSSR count). The monoisotopic (exact) mass is 442 g/mol. The summed E-state index contributed by atoms with van der Waals surface area (Å²) in [5.74, 6) is 0.854. The molecule has 3 aromatic rings. The molecule has 0 atom stereocenters. The fourth-order valence-corrected chi connectivity index (χ4v) is 3.39. The van der Waals surface area contributed by atoms with Gasteiger partial charge in [0.25, 0.3) is 0 Å². The zero-order chi connectivity index (χ0) is 14.3. The molecule has 0 saturated carbocycles. The highest BCUT2D eigenvalue weighted by Gasteiger charge is 2.12. The van der Waals surface area contributed by atoms with Gasteiger partial charge in [0.05, 0.1) is 17.6 Å². The number of aliphatic hydroxyl groups is 1. The van der Waals surface area contributed by atoms with Gasteiger partial charge in [-0.25, -0.2) is 4.98 Å². The minimum absolute atomic E-state index is 0.0318. The molecule has 2 N–H and O–H groups in total. The lowest BCUT2D eigenvalue weighted by atomic mass is 10.1. The average Bonchev–Trinajstić information content (AvgIpc) is 2.86. The van der Waals surface area contributed by atoms with Gasteiger partial charge in [-0.1, -0.05) is 28.1 Å². The van der Waals surface area contributed by atoms with E-state index in [1.54, 1.807) is 0 Å². The van der Waals surface area contributed by atoms with Crippen LogP contribution in [0.1, 0.15) is 11.1 Å². The highest BCUT2D eigenvalue weighted by molar-refractivity contribution is 14.1. The molecule has 0 aliphatic heterocycles. The molecule has 102 valence electrons. The fraction of sp³-hybridized carbons (Fsp3) is 0.133. The quantitative estimate of drug-likeness (QED) is 0.578. The van der Waals surface area contributed by atoms with Crippen LogP contribution in [-0.2, 0) is 6.61 Å². The number of nitrogens with one attached hydrogen (secondary N) is 1. The number of aromatic amines is 1. The molecule has 5 heteroatoms. The van der Waals surface area contributed by atoms with E-state index in [4.69, 9.17) is 0 Å². The van der Waals surface area contributed by atoms with Crippen LogP contribution in [0.25, 0.3) is 22.4 Å². The number of benzene rings is 2. The molecule has 2 aromatic carbocycles. The molecule has 3 nitrogen and oxygen atoms in total. The van der Waals surface area contributed by atoms with Crippen LogP contribution in [0.15, 0.2) is 34.8 Å². The van der Waals surface area contributed by atoms with Crippen LogP contribution in [0.4, 0.5) is 0 Å². The van der Waals surface area contributed by atoms with Crippen LogP contribution in [0.3, 0.4) is 0 Å². The van der Waals surface area contributed by atoms with Crippen LogP contribution in [0.5, 0.6) is 0 Å². The van der Waals surface area contributed by atoms with Crippen LogP contribution < -0.4 is 0 Å². The summed E-state index contributed by atoms with van der Waals surface area (Å²) in [6.07, 6.45) is 0. The Hall–Kier alpha value is -0.920. The van der Waals surface area contributed by atoms with Crippen molar-refractivity contribution in [3.63, 3.8) is 0 Å². The second-order valence-corrected chi connectivity index (χ2v) is 6.64. The third-order valence-corrected chi connectivity index (χ3v) is 5.02. The Balaban J connectivity index is 2.23. The Labute approximate surface area is 138 Å². The number of aromatic nitrogens is 2. The van der Waals surface area contributed by atoms with Gasteiger partial charge < -0.3 is 10.1 Å². The molecule has 0 aliphatic carbocycles. The number of fused-ring (bicyclic) bond motifs is 1. The fourth-order valence-electron chi connectivity index (χ4n) is 2.21. The van der Waals surface area contributed by atoms with Crippen LogP contribution in [0, 0.1) is 10.5 Å². The highest BCUT2D eigenvalue weighted by atomic mass is 127. The maximum atomic E-state index is 9.28. The number of halogens is 2. The number of rotatable bonds is 2. The van der Waals surface area contributed by atoms with E-state index in [0.717, 1.165) is 41.6 Å². The molecule has 0 aliphatic rings. The molecular weight excluding hydrogens is 431 g/mol. The summed E-state index contributed by atoms with van der Waals surface area (Å²) >= 11 is 5.81. The third kappa shape index (κ3) is 2.38. The van der Waals surface area contributed by atoms with Crippen molar-refractivity contribution in [1.29, 1.82) is 0 Å². The molecule has 20 heavy (non-hydrogen) atoms. The summed E-state index contributed by atoms with van der Waals surface area (Å²) in [6, 6.07) is 9.97. The van der Waals surface area contributed by atoms with Gasteiger partial charge >= 0.3 is 0 Å². The maximum Gasteiger partial charge on any atom is 0.138 e. The first-order valence-electron chi connectivity index (χ1n) is 6.14. The van der Waals surface area contributed by atoms with Gasteiger partial charge in [-0.3, -0.25) is 0 Å². The van der Waals surface area contributed by atoms with E-state index in [0.29, 0.717) is 0 Å². The zero-order valence-corrected chi connectivity index (χ0v) is 14.5. The van der Waals surface area contributed by atoms with Gasteiger partial charge in [0.1, 0.15) is 5.82 Å². The van der Waals surface area contributed by atoms with Gasteiger partial charge in [0.15, 0.2) is 0 Å². The molecule has 0 amide bonds. The van der Waals surface area contributed by atoms with E-state index in [9.17, 15) is 5.11 Å². The number of imidazole rings is 1. The summed E-state index contributed by atoms with van der Waals surface area (Å²) < 4.78 is 2.14. The van der Waals surface area contributed by atoms with Crippen molar-refractivity contribution in [1.82, 2.24) is 9.97 Å². The van der Waals surface area contributed by atoms with E-state index in [2.05, 4.69) is 61.5 Å². The molecule has 1 aromatic heterocycles. The zero-order valence-electron chi connectivity index (χ0n) is 10.7. The molecule has 0 bridgehead atoms. The second-order valence-electron chi connectivity index (χ2n) is 4.63. The summed E-state index contributed by atoms with van der Waals surface area (Å²) in [7, 11) is 0. The van der Waals surface area contributed by atoms with Gasteiger partial charge in [-0.15, -0.1) is 0 Å². The smallest absolute Gasteiger partial charge is 0.138 e.